The van der Waals surface area contributed by atoms with Crippen molar-refractivity contribution in [1.82, 2.24) is 5.32 Å². The largest absolute Gasteiger partial charge is 0.352 e. The fraction of sp³-hybridized carbons (Fsp3) is 0.278. The van der Waals surface area contributed by atoms with Crippen molar-refractivity contribution in [3.63, 3.8) is 0 Å². The number of carbonyl (C=O) groups is 1. The van der Waals surface area contributed by atoms with Gasteiger partial charge in [-0.1, -0.05) is 35.9 Å². The maximum Gasteiger partial charge on any atom is 0.252 e. The molecule has 2 aromatic carbocycles. The molecule has 110 valence electrons. The first-order valence-electron chi connectivity index (χ1n) is 7.17. The summed E-state index contributed by atoms with van der Waals surface area (Å²) in [5.74, 6) is -0.0249. The van der Waals surface area contributed by atoms with E-state index in [1.165, 1.54) is 16.7 Å². The molecule has 0 aliphatic rings. The number of benzene rings is 2. The van der Waals surface area contributed by atoms with Gasteiger partial charge in [0.15, 0.2) is 0 Å². The Morgan fingerprint density at radius 3 is 2.62 bits per heavy atom. The summed E-state index contributed by atoms with van der Waals surface area (Å²) in [4.78, 5) is 12.0. The van der Waals surface area contributed by atoms with Crippen molar-refractivity contribution in [2.24, 2.45) is 0 Å². The Balaban J connectivity index is 1.82. The molecule has 0 heterocycles. The molecule has 0 aliphatic carbocycles. The Morgan fingerprint density at radius 2 is 1.90 bits per heavy atom. The van der Waals surface area contributed by atoms with Gasteiger partial charge in [-0.15, -0.1) is 0 Å². The Morgan fingerprint density at radius 1 is 1.14 bits per heavy atom. The zero-order valence-electron chi connectivity index (χ0n) is 12.4. The lowest BCUT2D eigenvalue weighted by atomic mass is 10.0. The molecule has 0 bridgehead atoms. The number of amides is 1. The second kappa shape index (κ2) is 7.41. The van der Waals surface area contributed by atoms with Crippen LogP contribution in [0.15, 0.2) is 46.9 Å². The van der Waals surface area contributed by atoms with Crippen LogP contribution in [0.5, 0.6) is 0 Å². The molecule has 2 rings (SSSR count). The van der Waals surface area contributed by atoms with E-state index in [1.54, 1.807) is 0 Å². The van der Waals surface area contributed by atoms with Crippen molar-refractivity contribution in [3.8, 4) is 0 Å². The first-order valence-corrected chi connectivity index (χ1v) is 7.96. The van der Waals surface area contributed by atoms with E-state index >= 15 is 0 Å². The molecule has 21 heavy (non-hydrogen) atoms. The Bertz CT molecular complexity index is 637. The molecule has 0 unspecified atom stereocenters. The topological polar surface area (TPSA) is 29.1 Å². The third-order valence-corrected chi connectivity index (χ3v) is 4.22. The molecule has 0 spiro atoms. The normalized spacial score (nSPS) is 10.4. The van der Waals surface area contributed by atoms with Gasteiger partial charge >= 0.3 is 0 Å². The monoisotopic (exact) mass is 345 g/mol. The van der Waals surface area contributed by atoms with Crippen LogP contribution < -0.4 is 5.32 Å². The smallest absolute Gasteiger partial charge is 0.252 e. The molecule has 1 N–H and O–H groups in total. The SMILES string of the molecule is Cc1ccc(CCCNC(=O)c2ccccc2Br)c(C)c1. The summed E-state index contributed by atoms with van der Waals surface area (Å²) in [6.45, 7) is 4.93. The van der Waals surface area contributed by atoms with Gasteiger partial charge < -0.3 is 5.32 Å². The van der Waals surface area contributed by atoms with E-state index in [4.69, 9.17) is 0 Å². The molecule has 2 aromatic rings. The third-order valence-electron chi connectivity index (χ3n) is 3.53. The number of carbonyl (C=O) groups excluding carboxylic acids is 1. The standard InChI is InChI=1S/C18H20BrNO/c1-13-9-10-15(14(2)12-13)6-5-11-20-18(21)16-7-3-4-8-17(16)19/h3-4,7-10,12H,5-6,11H2,1-2H3,(H,20,21). The van der Waals surface area contributed by atoms with Crippen LogP contribution in [0, 0.1) is 13.8 Å². The van der Waals surface area contributed by atoms with E-state index in [0.29, 0.717) is 12.1 Å². The summed E-state index contributed by atoms with van der Waals surface area (Å²) in [6, 6.07) is 14.0. The highest BCUT2D eigenvalue weighted by molar-refractivity contribution is 9.10. The van der Waals surface area contributed by atoms with E-state index in [0.717, 1.165) is 17.3 Å². The molecule has 2 nitrogen and oxygen atoms in total. The molecule has 3 heteroatoms. The lowest BCUT2D eigenvalue weighted by molar-refractivity contribution is 0.0952. The van der Waals surface area contributed by atoms with Crippen LogP contribution in [0.3, 0.4) is 0 Å². The van der Waals surface area contributed by atoms with Crippen molar-refractivity contribution in [1.29, 1.82) is 0 Å². The maximum atomic E-state index is 12.0. The zero-order valence-corrected chi connectivity index (χ0v) is 14.0. The summed E-state index contributed by atoms with van der Waals surface area (Å²) >= 11 is 3.40. The van der Waals surface area contributed by atoms with Gasteiger partial charge in [0, 0.05) is 11.0 Å². The highest BCUT2D eigenvalue weighted by Crippen LogP contribution is 2.15. The average molecular weight is 346 g/mol. The molecular formula is C18H20BrNO. The predicted octanol–water partition coefficient (Wildman–Crippen LogP) is 4.43. The van der Waals surface area contributed by atoms with Gasteiger partial charge in [0.05, 0.1) is 5.56 Å². The van der Waals surface area contributed by atoms with Gasteiger partial charge in [-0.05, 0) is 65.9 Å². The van der Waals surface area contributed by atoms with Crippen molar-refractivity contribution in [3.05, 3.63) is 69.2 Å². The number of rotatable bonds is 5. The second-order valence-corrected chi connectivity index (χ2v) is 6.12. The van der Waals surface area contributed by atoms with Gasteiger partial charge in [-0.2, -0.15) is 0 Å². The summed E-state index contributed by atoms with van der Waals surface area (Å²) in [5.41, 5.74) is 4.66. The van der Waals surface area contributed by atoms with Crippen LogP contribution in [0.25, 0.3) is 0 Å². The van der Waals surface area contributed by atoms with E-state index in [2.05, 4.69) is 53.3 Å². The van der Waals surface area contributed by atoms with Crippen molar-refractivity contribution in [2.45, 2.75) is 26.7 Å². The van der Waals surface area contributed by atoms with Gasteiger partial charge in [0.1, 0.15) is 0 Å². The predicted molar refractivity (Wildman–Crippen MR) is 90.7 cm³/mol. The van der Waals surface area contributed by atoms with Crippen LogP contribution >= 0.6 is 15.9 Å². The molecular weight excluding hydrogens is 326 g/mol. The Hall–Kier alpha value is -1.61. The minimum absolute atomic E-state index is 0.0249. The molecule has 1 amide bonds. The number of hydrogen-bond donors (Lipinski definition) is 1. The lowest BCUT2D eigenvalue weighted by Gasteiger charge is -2.09. The van der Waals surface area contributed by atoms with Crippen LogP contribution in [0.1, 0.15) is 33.5 Å². The molecule has 0 radical (unpaired) electrons. The van der Waals surface area contributed by atoms with E-state index < -0.39 is 0 Å². The maximum absolute atomic E-state index is 12.0. The number of hydrogen-bond acceptors (Lipinski definition) is 1. The Kier molecular flexibility index (Phi) is 5.57. The van der Waals surface area contributed by atoms with Crippen LogP contribution in [-0.2, 0) is 6.42 Å². The summed E-state index contributed by atoms with van der Waals surface area (Å²) in [6.07, 6.45) is 1.93. The number of nitrogens with one attached hydrogen (secondary N) is 1. The number of aryl methyl sites for hydroxylation is 3. The van der Waals surface area contributed by atoms with Crippen LogP contribution in [-0.4, -0.2) is 12.5 Å². The van der Waals surface area contributed by atoms with Crippen molar-refractivity contribution >= 4 is 21.8 Å². The van der Waals surface area contributed by atoms with Crippen LogP contribution in [0.2, 0.25) is 0 Å². The third kappa shape index (κ3) is 4.43. The van der Waals surface area contributed by atoms with Crippen LogP contribution in [0.4, 0.5) is 0 Å². The summed E-state index contributed by atoms with van der Waals surface area (Å²) in [7, 11) is 0. The fourth-order valence-electron chi connectivity index (χ4n) is 2.35. The molecule has 0 aromatic heterocycles. The van der Waals surface area contributed by atoms with Gasteiger partial charge in [0.25, 0.3) is 5.91 Å². The molecule has 0 saturated heterocycles. The minimum Gasteiger partial charge on any atom is -0.352 e. The van der Waals surface area contributed by atoms with Gasteiger partial charge in [0.2, 0.25) is 0 Å². The quantitative estimate of drug-likeness (QED) is 0.798. The highest BCUT2D eigenvalue weighted by atomic mass is 79.9. The fourth-order valence-corrected chi connectivity index (χ4v) is 2.81. The van der Waals surface area contributed by atoms with E-state index in [9.17, 15) is 4.79 Å². The number of halogens is 1. The van der Waals surface area contributed by atoms with Gasteiger partial charge in [-0.3, -0.25) is 4.79 Å². The lowest BCUT2D eigenvalue weighted by Crippen LogP contribution is -2.25. The first kappa shape index (κ1) is 15.8. The first-order chi connectivity index (χ1) is 10.1. The van der Waals surface area contributed by atoms with E-state index in [-0.39, 0.29) is 5.91 Å². The van der Waals surface area contributed by atoms with Crippen molar-refractivity contribution < 1.29 is 4.79 Å². The zero-order chi connectivity index (χ0) is 15.2. The summed E-state index contributed by atoms with van der Waals surface area (Å²) in [5, 5.41) is 2.97. The summed E-state index contributed by atoms with van der Waals surface area (Å²) < 4.78 is 0.830. The molecule has 0 saturated carbocycles. The molecule has 0 aliphatic heterocycles. The Labute approximate surface area is 134 Å². The molecule has 0 atom stereocenters. The average Bonchev–Trinajstić information content (AvgIpc) is 2.45. The second-order valence-electron chi connectivity index (χ2n) is 5.27. The molecule has 0 fully saturated rings. The highest BCUT2D eigenvalue weighted by Gasteiger charge is 2.08. The van der Waals surface area contributed by atoms with Gasteiger partial charge in [-0.25, -0.2) is 0 Å². The minimum atomic E-state index is -0.0249. The van der Waals surface area contributed by atoms with Crippen molar-refractivity contribution in [2.75, 3.05) is 6.54 Å². The van der Waals surface area contributed by atoms with E-state index in [1.807, 2.05) is 24.3 Å².